The van der Waals surface area contributed by atoms with Crippen molar-refractivity contribution in [2.75, 3.05) is 13.2 Å². The van der Waals surface area contributed by atoms with Gasteiger partial charge in [0.05, 0.1) is 12.0 Å². The second-order valence-electron chi connectivity index (χ2n) is 5.44. The molecule has 90 valence electrons. The van der Waals surface area contributed by atoms with E-state index in [2.05, 4.69) is 0 Å². The van der Waals surface area contributed by atoms with E-state index in [-0.39, 0.29) is 18.0 Å². The van der Waals surface area contributed by atoms with Crippen molar-refractivity contribution in [1.82, 2.24) is 0 Å². The predicted molar refractivity (Wildman–Crippen MR) is 60.5 cm³/mol. The summed E-state index contributed by atoms with van der Waals surface area (Å²) in [5, 5.41) is 8.58. The Morgan fingerprint density at radius 2 is 1.67 bits per heavy atom. The van der Waals surface area contributed by atoms with Crippen LogP contribution in [0.2, 0.25) is 0 Å². The molecule has 3 nitrogen and oxygen atoms in total. The first kappa shape index (κ1) is 14.4. The summed E-state index contributed by atoms with van der Waals surface area (Å²) in [7, 11) is 0. The van der Waals surface area contributed by atoms with Crippen LogP contribution in [-0.4, -0.2) is 24.3 Å². The maximum atomic E-state index is 11.8. The van der Waals surface area contributed by atoms with Gasteiger partial charge in [-0.1, -0.05) is 20.8 Å². The van der Waals surface area contributed by atoms with Crippen molar-refractivity contribution >= 4 is 5.97 Å². The fourth-order valence-corrected chi connectivity index (χ4v) is 0.865. The van der Waals surface area contributed by atoms with Crippen LogP contribution in [0.3, 0.4) is 0 Å². The Morgan fingerprint density at radius 1 is 1.13 bits per heavy atom. The summed E-state index contributed by atoms with van der Waals surface area (Å²) in [5.41, 5.74) is -0.590. The van der Waals surface area contributed by atoms with Crippen LogP contribution in [0.4, 0.5) is 0 Å². The van der Waals surface area contributed by atoms with Gasteiger partial charge < -0.3 is 9.84 Å². The number of aliphatic hydroxyl groups is 1. The Hall–Kier alpha value is -0.570. The van der Waals surface area contributed by atoms with Crippen LogP contribution in [0.25, 0.3) is 0 Å². The first-order valence-corrected chi connectivity index (χ1v) is 5.51. The highest BCUT2D eigenvalue weighted by molar-refractivity contribution is 5.76. The van der Waals surface area contributed by atoms with E-state index < -0.39 is 5.41 Å². The van der Waals surface area contributed by atoms with E-state index in [1.807, 2.05) is 34.6 Å². The van der Waals surface area contributed by atoms with Gasteiger partial charge in [0.1, 0.15) is 0 Å². The summed E-state index contributed by atoms with van der Waals surface area (Å²) >= 11 is 0. The predicted octanol–water partition coefficient (Wildman–Crippen LogP) is 2.37. The Bertz CT molecular complexity index is 201. The zero-order valence-electron chi connectivity index (χ0n) is 10.6. The molecule has 0 unspecified atom stereocenters. The first-order chi connectivity index (χ1) is 6.73. The van der Waals surface area contributed by atoms with Crippen molar-refractivity contribution in [3.05, 3.63) is 0 Å². The molecule has 1 N–H and O–H groups in total. The number of ether oxygens (including phenoxy) is 1. The lowest BCUT2D eigenvalue weighted by atomic mass is 9.69. The molecule has 0 spiro atoms. The van der Waals surface area contributed by atoms with Crippen LogP contribution in [-0.2, 0) is 9.53 Å². The van der Waals surface area contributed by atoms with Crippen molar-refractivity contribution in [1.29, 1.82) is 0 Å². The van der Waals surface area contributed by atoms with Gasteiger partial charge in [0.25, 0.3) is 0 Å². The van der Waals surface area contributed by atoms with Crippen LogP contribution in [0, 0.1) is 10.8 Å². The fraction of sp³-hybridized carbons (Fsp3) is 0.917. The molecule has 0 aliphatic rings. The van der Waals surface area contributed by atoms with Crippen molar-refractivity contribution in [3.8, 4) is 0 Å². The molecule has 0 aliphatic carbocycles. The van der Waals surface area contributed by atoms with Gasteiger partial charge in [0.15, 0.2) is 0 Å². The molecule has 0 aliphatic heterocycles. The summed E-state index contributed by atoms with van der Waals surface area (Å²) in [6, 6.07) is 0. The zero-order valence-corrected chi connectivity index (χ0v) is 10.6. The summed E-state index contributed by atoms with van der Waals surface area (Å²) in [6.45, 7) is 10.5. The van der Waals surface area contributed by atoms with Gasteiger partial charge in [-0.25, -0.2) is 0 Å². The van der Waals surface area contributed by atoms with Crippen LogP contribution in [0.15, 0.2) is 0 Å². The summed E-state index contributed by atoms with van der Waals surface area (Å²) in [4.78, 5) is 11.8. The minimum atomic E-state index is -0.480. The lowest BCUT2D eigenvalue weighted by molar-refractivity contribution is -0.160. The molecule has 0 atom stereocenters. The third kappa shape index (κ3) is 4.20. The van der Waals surface area contributed by atoms with Crippen molar-refractivity contribution in [2.45, 2.75) is 47.5 Å². The summed E-state index contributed by atoms with van der Waals surface area (Å²) in [5.74, 6) is -0.159. The standard InChI is InChI=1S/C12H24O3/c1-11(2,3)12(4,5)10(14)15-9-7-6-8-13/h13H,6-9H2,1-5H3. The molecule has 0 saturated heterocycles. The highest BCUT2D eigenvalue weighted by Gasteiger charge is 2.40. The van der Waals surface area contributed by atoms with Gasteiger partial charge >= 0.3 is 5.97 Å². The molecule has 0 fully saturated rings. The monoisotopic (exact) mass is 216 g/mol. The molecule has 0 rings (SSSR count). The van der Waals surface area contributed by atoms with E-state index in [4.69, 9.17) is 9.84 Å². The molecule has 0 radical (unpaired) electrons. The van der Waals surface area contributed by atoms with Crippen molar-refractivity contribution in [3.63, 3.8) is 0 Å². The maximum Gasteiger partial charge on any atom is 0.312 e. The average Bonchev–Trinajstić information content (AvgIpc) is 2.10. The van der Waals surface area contributed by atoms with Crippen LogP contribution in [0.5, 0.6) is 0 Å². The Kier molecular flexibility index (Phi) is 5.29. The van der Waals surface area contributed by atoms with Gasteiger partial charge in [-0.3, -0.25) is 4.79 Å². The number of hydrogen-bond acceptors (Lipinski definition) is 3. The Morgan fingerprint density at radius 3 is 2.07 bits per heavy atom. The smallest absolute Gasteiger partial charge is 0.312 e. The van der Waals surface area contributed by atoms with Crippen molar-refractivity contribution < 1.29 is 14.6 Å². The molecular weight excluding hydrogens is 192 g/mol. The second kappa shape index (κ2) is 5.50. The third-order valence-electron chi connectivity index (χ3n) is 3.17. The second-order valence-corrected chi connectivity index (χ2v) is 5.44. The molecule has 0 saturated carbocycles. The third-order valence-corrected chi connectivity index (χ3v) is 3.17. The summed E-state index contributed by atoms with van der Waals surface area (Å²) < 4.78 is 5.19. The van der Waals surface area contributed by atoms with E-state index in [1.165, 1.54) is 0 Å². The highest BCUT2D eigenvalue weighted by Crippen LogP contribution is 2.38. The normalized spacial score (nSPS) is 12.7. The Labute approximate surface area is 92.8 Å². The Balaban J connectivity index is 4.10. The first-order valence-electron chi connectivity index (χ1n) is 5.51. The van der Waals surface area contributed by atoms with Crippen LogP contribution >= 0.6 is 0 Å². The number of carbonyl (C=O) groups excluding carboxylic acids is 1. The largest absolute Gasteiger partial charge is 0.465 e. The number of carbonyl (C=O) groups is 1. The van der Waals surface area contributed by atoms with E-state index >= 15 is 0 Å². The molecular formula is C12H24O3. The van der Waals surface area contributed by atoms with Gasteiger partial charge in [0.2, 0.25) is 0 Å². The molecule has 3 heteroatoms. The average molecular weight is 216 g/mol. The summed E-state index contributed by atoms with van der Waals surface area (Å²) in [6.07, 6.45) is 1.41. The maximum absolute atomic E-state index is 11.8. The van der Waals surface area contributed by atoms with Gasteiger partial charge in [0, 0.05) is 6.61 Å². The molecule has 15 heavy (non-hydrogen) atoms. The number of hydrogen-bond donors (Lipinski definition) is 1. The topological polar surface area (TPSA) is 46.5 Å². The minimum absolute atomic E-state index is 0.110. The lowest BCUT2D eigenvalue weighted by Gasteiger charge is -2.36. The molecule has 0 aromatic rings. The zero-order chi connectivity index (χ0) is 12.1. The van der Waals surface area contributed by atoms with Crippen molar-refractivity contribution in [2.24, 2.45) is 10.8 Å². The van der Waals surface area contributed by atoms with Crippen LogP contribution < -0.4 is 0 Å². The number of aliphatic hydroxyl groups excluding tert-OH is 1. The van der Waals surface area contributed by atoms with Gasteiger partial charge in [-0.05, 0) is 32.1 Å². The van der Waals surface area contributed by atoms with E-state index in [0.29, 0.717) is 13.0 Å². The molecule has 0 heterocycles. The molecule has 0 bridgehead atoms. The number of unbranched alkanes of at least 4 members (excludes halogenated alkanes) is 1. The van der Waals surface area contributed by atoms with E-state index in [0.717, 1.165) is 6.42 Å². The van der Waals surface area contributed by atoms with Gasteiger partial charge in [-0.15, -0.1) is 0 Å². The highest BCUT2D eigenvalue weighted by atomic mass is 16.5. The SMILES string of the molecule is CC(C)(C)C(C)(C)C(=O)OCCCCO. The van der Waals surface area contributed by atoms with Gasteiger partial charge in [-0.2, -0.15) is 0 Å². The fourth-order valence-electron chi connectivity index (χ4n) is 0.865. The van der Waals surface area contributed by atoms with E-state index in [1.54, 1.807) is 0 Å². The molecule has 0 aromatic heterocycles. The van der Waals surface area contributed by atoms with E-state index in [9.17, 15) is 4.79 Å². The molecule has 0 aromatic carbocycles. The number of rotatable bonds is 5. The molecule has 0 amide bonds. The lowest BCUT2D eigenvalue weighted by Crippen LogP contribution is -2.39. The number of esters is 1. The quantitative estimate of drug-likeness (QED) is 0.567. The van der Waals surface area contributed by atoms with Crippen LogP contribution in [0.1, 0.15) is 47.5 Å². The minimum Gasteiger partial charge on any atom is -0.465 e.